The van der Waals surface area contributed by atoms with Crippen molar-refractivity contribution in [3.05, 3.63) is 42.7 Å². The van der Waals surface area contributed by atoms with Crippen molar-refractivity contribution in [2.24, 2.45) is 7.05 Å². The molecular weight excluding hydrogens is 210 g/mol. The van der Waals surface area contributed by atoms with E-state index in [4.69, 9.17) is 0 Å². The van der Waals surface area contributed by atoms with Crippen LogP contribution in [-0.4, -0.2) is 22.6 Å². The molecule has 0 saturated carbocycles. The van der Waals surface area contributed by atoms with Gasteiger partial charge in [-0.25, -0.2) is 4.98 Å². The van der Waals surface area contributed by atoms with Gasteiger partial charge in [-0.15, -0.1) is 6.58 Å². The van der Waals surface area contributed by atoms with Gasteiger partial charge in [0.05, 0.1) is 11.0 Å². The maximum absolute atomic E-state index is 4.67. The number of benzene rings is 1. The van der Waals surface area contributed by atoms with Crippen LogP contribution >= 0.6 is 0 Å². The van der Waals surface area contributed by atoms with E-state index in [0.717, 1.165) is 24.2 Å². The molecule has 2 aromatic rings. The second-order valence-electron chi connectivity index (χ2n) is 4.29. The molecule has 0 aliphatic carbocycles. The molecule has 1 atom stereocenters. The van der Waals surface area contributed by atoms with Gasteiger partial charge < -0.3 is 9.88 Å². The Balaban J connectivity index is 2.29. The van der Waals surface area contributed by atoms with Crippen molar-refractivity contribution in [3.63, 3.8) is 0 Å². The Morgan fingerprint density at radius 3 is 2.88 bits per heavy atom. The third-order valence-electron chi connectivity index (χ3n) is 3.17. The first-order valence-electron chi connectivity index (χ1n) is 5.94. The molecule has 3 heteroatoms. The van der Waals surface area contributed by atoms with Crippen molar-refractivity contribution in [1.29, 1.82) is 0 Å². The van der Waals surface area contributed by atoms with Gasteiger partial charge in [0.2, 0.25) is 0 Å². The zero-order valence-corrected chi connectivity index (χ0v) is 10.5. The van der Waals surface area contributed by atoms with Crippen molar-refractivity contribution in [2.75, 3.05) is 7.05 Å². The molecule has 0 amide bonds. The number of hydrogen-bond donors (Lipinski definition) is 1. The Morgan fingerprint density at radius 2 is 2.24 bits per heavy atom. The summed E-state index contributed by atoms with van der Waals surface area (Å²) in [6, 6.07) is 8.64. The first-order chi connectivity index (χ1) is 8.26. The van der Waals surface area contributed by atoms with Gasteiger partial charge in [0, 0.05) is 19.5 Å². The molecule has 0 saturated heterocycles. The zero-order valence-electron chi connectivity index (χ0n) is 10.5. The van der Waals surface area contributed by atoms with Crippen molar-refractivity contribution in [3.8, 4) is 0 Å². The van der Waals surface area contributed by atoms with Crippen LogP contribution in [0, 0.1) is 0 Å². The van der Waals surface area contributed by atoms with Crippen LogP contribution in [0.25, 0.3) is 11.0 Å². The molecule has 0 aliphatic heterocycles. The zero-order chi connectivity index (χ0) is 12.3. The number of nitrogens with zero attached hydrogens (tertiary/aromatic N) is 2. The summed E-state index contributed by atoms with van der Waals surface area (Å²) in [5, 5.41) is 3.30. The molecule has 1 N–H and O–H groups in total. The van der Waals surface area contributed by atoms with E-state index in [-0.39, 0.29) is 0 Å². The predicted molar refractivity (Wildman–Crippen MR) is 72.1 cm³/mol. The topological polar surface area (TPSA) is 29.9 Å². The highest BCUT2D eigenvalue weighted by atomic mass is 15.1. The normalized spacial score (nSPS) is 12.8. The Bertz CT molecular complexity index is 513. The molecule has 0 radical (unpaired) electrons. The first kappa shape index (κ1) is 11.9. The van der Waals surface area contributed by atoms with Gasteiger partial charge in [-0.2, -0.15) is 0 Å². The highest BCUT2D eigenvalue weighted by Gasteiger charge is 2.11. The lowest BCUT2D eigenvalue weighted by atomic mass is 10.1. The van der Waals surface area contributed by atoms with E-state index < -0.39 is 0 Å². The molecule has 2 rings (SSSR count). The average Bonchev–Trinajstić information content (AvgIpc) is 2.66. The van der Waals surface area contributed by atoms with E-state index >= 15 is 0 Å². The maximum Gasteiger partial charge on any atom is 0.111 e. The summed E-state index contributed by atoms with van der Waals surface area (Å²) in [5.41, 5.74) is 2.26. The van der Waals surface area contributed by atoms with E-state index in [9.17, 15) is 0 Å². The lowest BCUT2D eigenvalue weighted by molar-refractivity contribution is 0.544. The van der Waals surface area contributed by atoms with Gasteiger partial charge in [-0.05, 0) is 25.6 Å². The minimum absolute atomic E-state index is 0.406. The molecule has 1 aromatic heterocycles. The summed E-state index contributed by atoms with van der Waals surface area (Å²) in [6.45, 7) is 3.79. The largest absolute Gasteiger partial charge is 0.331 e. The summed E-state index contributed by atoms with van der Waals surface area (Å²) in [5.74, 6) is 1.12. The monoisotopic (exact) mass is 229 g/mol. The van der Waals surface area contributed by atoms with E-state index in [1.54, 1.807) is 0 Å². The van der Waals surface area contributed by atoms with Gasteiger partial charge >= 0.3 is 0 Å². The van der Waals surface area contributed by atoms with Gasteiger partial charge in [-0.1, -0.05) is 18.2 Å². The highest BCUT2D eigenvalue weighted by Crippen LogP contribution is 2.15. The third-order valence-corrected chi connectivity index (χ3v) is 3.17. The fourth-order valence-electron chi connectivity index (χ4n) is 2.10. The summed E-state index contributed by atoms with van der Waals surface area (Å²) in [6.07, 6.45) is 3.83. The van der Waals surface area contributed by atoms with Crippen molar-refractivity contribution in [1.82, 2.24) is 14.9 Å². The quantitative estimate of drug-likeness (QED) is 0.797. The van der Waals surface area contributed by atoms with Crippen LogP contribution in [-0.2, 0) is 13.5 Å². The van der Waals surface area contributed by atoms with Crippen LogP contribution in [0.1, 0.15) is 12.2 Å². The summed E-state index contributed by atoms with van der Waals surface area (Å²) in [7, 11) is 4.06. The van der Waals surface area contributed by atoms with Gasteiger partial charge in [0.25, 0.3) is 0 Å². The standard InChI is InChI=1S/C14H19N3/c1-4-7-11(15-2)10-14-16-12-8-5-6-9-13(12)17(14)3/h4-6,8-9,11,15H,1,7,10H2,2-3H3. The Labute approximate surface area is 102 Å². The number of imidazole rings is 1. The van der Waals surface area contributed by atoms with Crippen LogP contribution < -0.4 is 5.32 Å². The first-order valence-corrected chi connectivity index (χ1v) is 5.94. The lowest BCUT2D eigenvalue weighted by Gasteiger charge is -2.13. The third kappa shape index (κ3) is 2.39. The molecular formula is C14H19N3. The van der Waals surface area contributed by atoms with Crippen LogP contribution in [0.2, 0.25) is 0 Å². The average molecular weight is 229 g/mol. The Kier molecular flexibility index (Phi) is 3.59. The summed E-state index contributed by atoms with van der Waals surface area (Å²) >= 11 is 0. The molecule has 0 aliphatic rings. The number of aromatic nitrogens is 2. The van der Waals surface area contributed by atoms with Crippen molar-refractivity contribution >= 4 is 11.0 Å². The molecule has 0 fully saturated rings. The van der Waals surface area contributed by atoms with E-state index in [1.165, 1.54) is 5.52 Å². The number of aryl methyl sites for hydroxylation is 1. The Morgan fingerprint density at radius 1 is 1.47 bits per heavy atom. The van der Waals surface area contributed by atoms with Crippen molar-refractivity contribution in [2.45, 2.75) is 18.9 Å². The number of likely N-dealkylation sites (N-methyl/N-ethyl adjacent to an activating group) is 1. The second-order valence-corrected chi connectivity index (χ2v) is 4.29. The minimum atomic E-state index is 0.406. The van der Waals surface area contributed by atoms with Crippen LogP contribution in [0.5, 0.6) is 0 Å². The van der Waals surface area contributed by atoms with Crippen LogP contribution in [0.15, 0.2) is 36.9 Å². The lowest BCUT2D eigenvalue weighted by Crippen LogP contribution is -2.28. The molecule has 90 valence electrons. The molecule has 1 aromatic carbocycles. The smallest absolute Gasteiger partial charge is 0.111 e. The van der Waals surface area contributed by atoms with Crippen LogP contribution in [0.3, 0.4) is 0 Å². The Hall–Kier alpha value is -1.61. The molecule has 1 unspecified atom stereocenters. The van der Waals surface area contributed by atoms with Gasteiger partial charge in [-0.3, -0.25) is 0 Å². The predicted octanol–water partition coefficient (Wildman–Crippen LogP) is 2.28. The van der Waals surface area contributed by atoms with E-state index in [1.807, 2.05) is 25.3 Å². The molecule has 17 heavy (non-hydrogen) atoms. The molecule has 3 nitrogen and oxygen atoms in total. The van der Waals surface area contributed by atoms with Gasteiger partial charge in [0.15, 0.2) is 0 Å². The fraction of sp³-hybridized carbons (Fsp3) is 0.357. The molecule has 1 heterocycles. The summed E-state index contributed by atoms with van der Waals surface area (Å²) < 4.78 is 2.17. The second kappa shape index (κ2) is 5.15. The van der Waals surface area contributed by atoms with Gasteiger partial charge in [0.1, 0.15) is 5.82 Å². The number of rotatable bonds is 5. The van der Waals surface area contributed by atoms with E-state index in [2.05, 4.69) is 40.6 Å². The number of fused-ring (bicyclic) bond motifs is 1. The van der Waals surface area contributed by atoms with E-state index in [0.29, 0.717) is 6.04 Å². The van der Waals surface area contributed by atoms with Crippen molar-refractivity contribution < 1.29 is 0 Å². The maximum atomic E-state index is 4.67. The number of para-hydroxylation sites is 2. The minimum Gasteiger partial charge on any atom is -0.331 e. The fourth-order valence-corrected chi connectivity index (χ4v) is 2.10. The summed E-state index contributed by atoms with van der Waals surface area (Å²) in [4.78, 5) is 4.67. The SMILES string of the molecule is C=CCC(Cc1nc2ccccc2n1C)NC. The molecule has 0 bridgehead atoms. The highest BCUT2D eigenvalue weighted by molar-refractivity contribution is 5.75. The van der Waals surface area contributed by atoms with Crippen LogP contribution in [0.4, 0.5) is 0 Å². The number of hydrogen-bond acceptors (Lipinski definition) is 2. The molecule has 0 spiro atoms. The number of nitrogens with one attached hydrogen (secondary N) is 1.